The third-order valence-corrected chi connectivity index (χ3v) is 4.87. The van der Waals surface area contributed by atoms with Gasteiger partial charge in [0.1, 0.15) is 5.82 Å². The van der Waals surface area contributed by atoms with Gasteiger partial charge in [-0.1, -0.05) is 30.3 Å². The summed E-state index contributed by atoms with van der Waals surface area (Å²) in [4.78, 5) is 20.7. The van der Waals surface area contributed by atoms with Crippen LogP contribution in [-0.4, -0.2) is 48.6 Å². The fourth-order valence-corrected chi connectivity index (χ4v) is 3.36. The van der Waals surface area contributed by atoms with E-state index in [1.807, 2.05) is 12.1 Å². The first-order valence-electron chi connectivity index (χ1n) is 9.45. The van der Waals surface area contributed by atoms with Gasteiger partial charge < -0.3 is 9.64 Å². The van der Waals surface area contributed by atoms with Gasteiger partial charge in [0.15, 0.2) is 0 Å². The Morgan fingerprint density at radius 1 is 1.30 bits per heavy atom. The van der Waals surface area contributed by atoms with Gasteiger partial charge >= 0.3 is 5.97 Å². The lowest BCUT2D eigenvalue weighted by Gasteiger charge is -2.26. The van der Waals surface area contributed by atoms with Crippen LogP contribution in [0.15, 0.2) is 54.7 Å². The van der Waals surface area contributed by atoms with Gasteiger partial charge in [-0.25, -0.2) is 9.78 Å². The number of rotatable bonds is 7. The Bertz CT molecular complexity index is 759. The minimum absolute atomic E-state index is 0.330. The molecule has 2 heterocycles. The number of pyridine rings is 1. The van der Waals surface area contributed by atoms with Crippen molar-refractivity contribution in [1.29, 1.82) is 0 Å². The molecule has 0 saturated carbocycles. The highest BCUT2D eigenvalue weighted by atomic mass is 16.5. The number of hydrogen-bond donors (Lipinski definition) is 0. The number of carbonyl (C=O) groups is 1. The summed E-state index contributed by atoms with van der Waals surface area (Å²) < 4.78 is 4.89. The second-order valence-corrected chi connectivity index (χ2v) is 6.81. The van der Waals surface area contributed by atoms with Crippen LogP contribution in [0.2, 0.25) is 0 Å². The van der Waals surface area contributed by atoms with Crippen molar-refractivity contribution in [3.05, 3.63) is 65.9 Å². The second-order valence-electron chi connectivity index (χ2n) is 6.81. The summed E-state index contributed by atoms with van der Waals surface area (Å²) in [5, 5.41) is 0. The lowest BCUT2D eigenvalue weighted by molar-refractivity contribution is -0.137. The summed E-state index contributed by atoms with van der Waals surface area (Å²) in [5.74, 6) is 0.623. The largest absolute Gasteiger partial charge is 0.463 e. The molecular weight excluding hydrogens is 338 g/mol. The minimum atomic E-state index is -0.330. The number of aromatic nitrogens is 1. The zero-order valence-electron chi connectivity index (χ0n) is 16.0. The van der Waals surface area contributed by atoms with Gasteiger partial charge in [0, 0.05) is 45.0 Å². The Hall–Kier alpha value is -2.66. The highest BCUT2D eigenvalue weighted by molar-refractivity contribution is 5.86. The van der Waals surface area contributed by atoms with Gasteiger partial charge in [-0.2, -0.15) is 0 Å². The number of esters is 1. The van der Waals surface area contributed by atoms with E-state index in [0.717, 1.165) is 37.4 Å². The fraction of sp³-hybridized carbons (Fsp3) is 0.364. The summed E-state index contributed by atoms with van der Waals surface area (Å²) in [6.07, 6.45) is 6.09. The van der Waals surface area contributed by atoms with E-state index in [9.17, 15) is 4.79 Å². The van der Waals surface area contributed by atoms with E-state index in [4.69, 9.17) is 4.74 Å². The predicted octanol–water partition coefficient (Wildman–Crippen LogP) is 3.37. The summed E-state index contributed by atoms with van der Waals surface area (Å²) in [6.45, 7) is 5.31. The second kappa shape index (κ2) is 9.33. The van der Waals surface area contributed by atoms with Gasteiger partial charge in [-0.3, -0.25) is 4.90 Å². The Morgan fingerprint density at radius 2 is 2.11 bits per heavy atom. The molecule has 27 heavy (non-hydrogen) atoms. The summed E-state index contributed by atoms with van der Waals surface area (Å²) in [5.41, 5.74) is 2.24. The van der Waals surface area contributed by atoms with Crippen molar-refractivity contribution in [2.45, 2.75) is 25.9 Å². The van der Waals surface area contributed by atoms with Crippen LogP contribution in [0.5, 0.6) is 0 Å². The average molecular weight is 365 g/mol. The minimum Gasteiger partial charge on any atom is -0.463 e. The highest BCUT2D eigenvalue weighted by Crippen LogP contribution is 2.21. The highest BCUT2D eigenvalue weighted by Gasteiger charge is 2.26. The summed E-state index contributed by atoms with van der Waals surface area (Å²) in [7, 11) is 2.10. The molecule has 0 bridgehead atoms. The Labute approximate surface area is 161 Å². The van der Waals surface area contributed by atoms with Crippen molar-refractivity contribution in [3.63, 3.8) is 0 Å². The van der Waals surface area contributed by atoms with Crippen LogP contribution in [0, 0.1) is 0 Å². The van der Waals surface area contributed by atoms with Crippen LogP contribution in [0.25, 0.3) is 6.08 Å². The van der Waals surface area contributed by atoms with E-state index >= 15 is 0 Å². The first-order valence-corrected chi connectivity index (χ1v) is 9.45. The molecule has 0 N–H and O–H groups in total. The van der Waals surface area contributed by atoms with Gasteiger partial charge in [0.25, 0.3) is 0 Å². The molecule has 1 atom stereocenters. The molecule has 1 saturated heterocycles. The smallest absolute Gasteiger partial charge is 0.330 e. The van der Waals surface area contributed by atoms with Gasteiger partial charge in [0.2, 0.25) is 0 Å². The lowest BCUT2D eigenvalue weighted by atomic mass is 10.2. The first-order chi connectivity index (χ1) is 13.2. The van der Waals surface area contributed by atoms with Crippen LogP contribution >= 0.6 is 0 Å². The molecule has 142 valence electrons. The molecule has 3 rings (SSSR count). The molecule has 0 amide bonds. The molecular formula is C22H27N3O2. The van der Waals surface area contributed by atoms with E-state index in [1.54, 1.807) is 19.2 Å². The number of anilines is 1. The molecule has 1 aromatic heterocycles. The standard InChI is InChI=1S/C22H27N3O2/c1-3-27-22(26)12-10-18-9-11-21(23-15-18)24(2)20-13-14-25(17-20)16-19-7-5-4-6-8-19/h4-12,15,20H,3,13-14,16-17H2,1-2H3/b12-10+. The molecule has 0 radical (unpaired) electrons. The van der Waals surface area contributed by atoms with E-state index in [0.29, 0.717) is 12.6 Å². The average Bonchev–Trinajstić information content (AvgIpc) is 3.16. The third kappa shape index (κ3) is 5.41. The number of ether oxygens (including phenoxy) is 1. The van der Waals surface area contributed by atoms with Crippen LogP contribution < -0.4 is 4.90 Å². The van der Waals surface area contributed by atoms with Gasteiger partial charge in [-0.05, 0) is 42.7 Å². The van der Waals surface area contributed by atoms with Gasteiger partial charge in [-0.15, -0.1) is 0 Å². The van der Waals surface area contributed by atoms with Crippen molar-refractivity contribution in [3.8, 4) is 0 Å². The van der Waals surface area contributed by atoms with Crippen molar-refractivity contribution in [2.75, 3.05) is 31.6 Å². The Kier molecular flexibility index (Phi) is 6.60. The summed E-state index contributed by atoms with van der Waals surface area (Å²) in [6, 6.07) is 15.1. The molecule has 1 unspecified atom stereocenters. The zero-order chi connectivity index (χ0) is 19.1. The van der Waals surface area contributed by atoms with E-state index in [2.05, 4.69) is 52.2 Å². The third-order valence-electron chi connectivity index (χ3n) is 4.87. The van der Waals surface area contributed by atoms with Crippen LogP contribution in [-0.2, 0) is 16.1 Å². The molecule has 0 aliphatic carbocycles. The number of carbonyl (C=O) groups excluding carboxylic acids is 1. The van der Waals surface area contributed by atoms with Crippen LogP contribution in [0.1, 0.15) is 24.5 Å². The normalized spacial score (nSPS) is 17.3. The zero-order valence-corrected chi connectivity index (χ0v) is 16.0. The fourth-order valence-electron chi connectivity index (χ4n) is 3.36. The molecule has 1 aliphatic heterocycles. The molecule has 1 aliphatic rings. The number of benzene rings is 1. The molecule has 5 heteroatoms. The van der Waals surface area contributed by atoms with Crippen LogP contribution in [0.4, 0.5) is 5.82 Å². The molecule has 5 nitrogen and oxygen atoms in total. The van der Waals surface area contributed by atoms with E-state index < -0.39 is 0 Å². The van der Waals surface area contributed by atoms with Crippen LogP contribution in [0.3, 0.4) is 0 Å². The molecule has 2 aromatic rings. The number of nitrogens with zero attached hydrogens (tertiary/aromatic N) is 3. The maximum Gasteiger partial charge on any atom is 0.330 e. The molecule has 1 fully saturated rings. The first kappa shape index (κ1) is 19.1. The number of likely N-dealkylation sites (N-methyl/N-ethyl adjacent to an activating group) is 1. The molecule has 0 spiro atoms. The quantitative estimate of drug-likeness (QED) is 0.556. The SMILES string of the molecule is CCOC(=O)/C=C/c1ccc(N(C)C2CCN(Cc3ccccc3)C2)nc1. The predicted molar refractivity (Wildman–Crippen MR) is 108 cm³/mol. The van der Waals surface area contributed by atoms with Crippen molar-refractivity contribution >= 4 is 17.9 Å². The number of hydrogen-bond acceptors (Lipinski definition) is 5. The monoisotopic (exact) mass is 365 g/mol. The topological polar surface area (TPSA) is 45.7 Å². The van der Waals surface area contributed by atoms with Crippen molar-refractivity contribution in [2.24, 2.45) is 0 Å². The maximum atomic E-state index is 11.4. The number of likely N-dealkylation sites (tertiary alicyclic amines) is 1. The van der Waals surface area contributed by atoms with E-state index in [-0.39, 0.29) is 5.97 Å². The van der Waals surface area contributed by atoms with Gasteiger partial charge in [0.05, 0.1) is 6.61 Å². The van der Waals surface area contributed by atoms with Crippen molar-refractivity contribution < 1.29 is 9.53 Å². The van der Waals surface area contributed by atoms with E-state index in [1.165, 1.54) is 11.6 Å². The Morgan fingerprint density at radius 3 is 2.81 bits per heavy atom. The summed E-state index contributed by atoms with van der Waals surface area (Å²) >= 11 is 0. The van der Waals surface area contributed by atoms with Crippen molar-refractivity contribution in [1.82, 2.24) is 9.88 Å². The lowest BCUT2D eigenvalue weighted by Crippen LogP contribution is -2.34. The maximum absolute atomic E-state index is 11.4. The Balaban J connectivity index is 1.55. The molecule has 1 aromatic carbocycles.